The lowest BCUT2D eigenvalue weighted by molar-refractivity contribution is -0.161. The fourth-order valence-electron chi connectivity index (χ4n) is 12.9. The van der Waals surface area contributed by atoms with E-state index < -0.39 is 97.5 Å². The summed E-state index contributed by atoms with van der Waals surface area (Å²) in [4.78, 5) is 73.1. The van der Waals surface area contributed by atoms with Gasteiger partial charge in [-0.25, -0.2) is 9.13 Å². The molecule has 606 valence electrons. The van der Waals surface area contributed by atoms with Crippen LogP contribution in [-0.4, -0.2) is 96.7 Å². The number of aliphatic hydroxyl groups excluding tert-OH is 1. The van der Waals surface area contributed by atoms with Crippen LogP contribution in [0.3, 0.4) is 0 Å². The maximum Gasteiger partial charge on any atom is 0.472 e. The molecule has 0 amide bonds. The number of ether oxygens (including phenoxy) is 4. The van der Waals surface area contributed by atoms with E-state index in [-0.39, 0.29) is 25.7 Å². The van der Waals surface area contributed by atoms with E-state index in [4.69, 9.17) is 37.0 Å². The number of rotatable bonds is 82. The number of aliphatic hydroxyl groups is 1. The third-order valence-electron chi connectivity index (χ3n) is 19.8. The molecule has 0 aromatic carbocycles. The van der Waals surface area contributed by atoms with Gasteiger partial charge in [0.2, 0.25) is 0 Å². The number of carbonyl (C=O) groups excluding carboxylic acids is 4. The van der Waals surface area contributed by atoms with Gasteiger partial charge in [0.1, 0.15) is 19.3 Å². The van der Waals surface area contributed by atoms with Gasteiger partial charge in [-0.2, -0.15) is 0 Å². The van der Waals surface area contributed by atoms with Gasteiger partial charge in [0, 0.05) is 25.7 Å². The maximum absolute atomic E-state index is 13.1. The fraction of sp³-hybridized carbons (Fsp3) is 0.952. The molecule has 0 spiro atoms. The zero-order valence-electron chi connectivity index (χ0n) is 66.9. The van der Waals surface area contributed by atoms with Crippen LogP contribution in [0.15, 0.2) is 0 Å². The summed E-state index contributed by atoms with van der Waals surface area (Å²) in [5, 5.41) is 10.7. The molecule has 0 aliphatic heterocycles. The summed E-state index contributed by atoms with van der Waals surface area (Å²) in [5.41, 5.74) is 0. The van der Waals surface area contributed by atoms with Crippen LogP contribution in [0.25, 0.3) is 0 Å². The Morgan fingerprint density at radius 1 is 0.284 bits per heavy atom. The Morgan fingerprint density at radius 2 is 0.500 bits per heavy atom. The second-order valence-corrected chi connectivity index (χ2v) is 33.5. The molecule has 0 bridgehead atoms. The summed E-state index contributed by atoms with van der Waals surface area (Å²) in [6, 6.07) is 0. The highest BCUT2D eigenvalue weighted by Crippen LogP contribution is 2.45. The van der Waals surface area contributed by atoms with Crippen LogP contribution in [0.1, 0.15) is 440 Å². The number of hydrogen-bond acceptors (Lipinski definition) is 15. The third kappa shape index (κ3) is 74.9. The summed E-state index contributed by atoms with van der Waals surface area (Å²) in [7, 11) is -9.92. The second kappa shape index (κ2) is 74.5. The number of carbonyl (C=O) groups is 4. The van der Waals surface area contributed by atoms with E-state index in [9.17, 15) is 43.2 Å². The van der Waals surface area contributed by atoms with Crippen LogP contribution in [0.4, 0.5) is 0 Å². The van der Waals surface area contributed by atoms with Crippen LogP contribution >= 0.6 is 15.6 Å². The summed E-state index contributed by atoms with van der Waals surface area (Å²) < 4.78 is 68.8. The molecule has 17 nitrogen and oxygen atoms in total. The molecule has 0 aromatic heterocycles. The molecule has 0 aromatic rings. The highest BCUT2D eigenvalue weighted by molar-refractivity contribution is 7.47. The van der Waals surface area contributed by atoms with Crippen molar-refractivity contribution >= 4 is 39.5 Å². The lowest BCUT2D eigenvalue weighted by Gasteiger charge is -2.21. The van der Waals surface area contributed by atoms with Gasteiger partial charge in [-0.3, -0.25) is 37.3 Å². The molecule has 0 fully saturated rings. The Kier molecular flexibility index (Phi) is 73.1. The minimum Gasteiger partial charge on any atom is -0.462 e. The van der Waals surface area contributed by atoms with E-state index in [1.54, 1.807) is 0 Å². The summed E-state index contributed by atoms with van der Waals surface area (Å²) in [5.74, 6) is -0.594. The van der Waals surface area contributed by atoms with Gasteiger partial charge in [-0.15, -0.1) is 0 Å². The van der Waals surface area contributed by atoms with Crippen molar-refractivity contribution in [3.05, 3.63) is 0 Å². The highest BCUT2D eigenvalue weighted by Gasteiger charge is 2.30. The topological polar surface area (TPSA) is 237 Å². The molecular formula is C83H162O17P2. The molecule has 6 atom stereocenters. The minimum absolute atomic E-state index is 0.105. The normalized spacial score (nSPS) is 14.1. The molecule has 0 aliphatic rings. The first kappa shape index (κ1) is 100. The predicted molar refractivity (Wildman–Crippen MR) is 418 cm³/mol. The number of phosphoric acid groups is 2. The van der Waals surface area contributed by atoms with Gasteiger partial charge in [0.05, 0.1) is 26.4 Å². The second-order valence-electron chi connectivity index (χ2n) is 30.6. The van der Waals surface area contributed by atoms with E-state index in [2.05, 4.69) is 41.5 Å². The van der Waals surface area contributed by atoms with Gasteiger partial charge in [0.25, 0.3) is 0 Å². The predicted octanol–water partition coefficient (Wildman–Crippen LogP) is 25.1. The monoisotopic (exact) mass is 1490 g/mol. The fourth-order valence-corrected chi connectivity index (χ4v) is 14.4. The Labute approximate surface area is 626 Å². The summed E-state index contributed by atoms with van der Waals surface area (Å²) in [6.45, 7) is 9.62. The number of phosphoric ester groups is 2. The zero-order chi connectivity index (χ0) is 74.9. The molecule has 19 heteroatoms. The zero-order valence-corrected chi connectivity index (χ0v) is 68.7. The van der Waals surface area contributed by atoms with Crippen molar-refractivity contribution in [1.29, 1.82) is 0 Å². The molecule has 3 unspecified atom stereocenters. The smallest absolute Gasteiger partial charge is 0.462 e. The largest absolute Gasteiger partial charge is 0.472 e. The average molecular weight is 1490 g/mol. The van der Waals surface area contributed by atoms with Crippen molar-refractivity contribution in [3.63, 3.8) is 0 Å². The van der Waals surface area contributed by atoms with Gasteiger partial charge < -0.3 is 33.8 Å². The third-order valence-corrected chi connectivity index (χ3v) is 21.7. The first-order valence-electron chi connectivity index (χ1n) is 43.0. The molecule has 0 aliphatic carbocycles. The first-order chi connectivity index (χ1) is 49.4. The van der Waals surface area contributed by atoms with Crippen molar-refractivity contribution in [1.82, 2.24) is 0 Å². The Hall–Kier alpha value is -1.94. The van der Waals surface area contributed by atoms with Gasteiger partial charge >= 0.3 is 39.5 Å². The van der Waals surface area contributed by atoms with Crippen LogP contribution in [-0.2, 0) is 65.4 Å². The summed E-state index contributed by atoms with van der Waals surface area (Å²) >= 11 is 0. The van der Waals surface area contributed by atoms with E-state index in [1.807, 2.05) is 0 Å². The molecular weight excluding hydrogens is 1330 g/mol. The molecule has 0 saturated carbocycles. The molecule has 0 rings (SSSR count). The van der Waals surface area contributed by atoms with Crippen molar-refractivity contribution < 1.29 is 80.2 Å². The van der Waals surface area contributed by atoms with Crippen molar-refractivity contribution in [2.45, 2.75) is 458 Å². The van der Waals surface area contributed by atoms with Crippen molar-refractivity contribution in [3.8, 4) is 0 Å². The van der Waals surface area contributed by atoms with E-state index in [0.717, 1.165) is 102 Å². The van der Waals surface area contributed by atoms with E-state index in [0.29, 0.717) is 25.7 Å². The Bertz CT molecular complexity index is 1960. The van der Waals surface area contributed by atoms with Crippen LogP contribution in [0.5, 0.6) is 0 Å². The first-order valence-corrected chi connectivity index (χ1v) is 46.0. The number of hydrogen-bond donors (Lipinski definition) is 3. The Balaban J connectivity index is 5.24. The summed E-state index contributed by atoms with van der Waals surface area (Å²) in [6.07, 6.45) is 65.3. The number of unbranched alkanes of at least 4 members (excludes halogenated alkanes) is 51. The van der Waals surface area contributed by atoms with Crippen LogP contribution in [0, 0.1) is 11.8 Å². The highest BCUT2D eigenvalue weighted by atomic mass is 31.2. The van der Waals surface area contributed by atoms with Crippen molar-refractivity contribution in [2.24, 2.45) is 11.8 Å². The van der Waals surface area contributed by atoms with E-state index >= 15 is 0 Å². The van der Waals surface area contributed by atoms with E-state index in [1.165, 1.54) is 257 Å². The number of esters is 4. The Morgan fingerprint density at radius 3 is 0.745 bits per heavy atom. The van der Waals surface area contributed by atoms with Crippen molar-refractivity contribution in [2.75, 3.05) is 39.6 Å². The molecule has 3 N–H and O–H groups in total. The molecule has 0 saturated heterocycles. The SMILES string of the molecule is CCCCCCCCCCCCCCCCCCCCCCC(=O)O[C@H](COC(=O)CCCCCCCCCCCCCCCCCCCC)COP(=O)(O)OC[C@@H](O)COP(=O)(O)OC[C@@H](COC(=O)CCCCCCCCCCC(C)CC)OC(=O)CCCCCCCCCCCC(C)C. The maximum atomic E-state index is 13.1. The average Bonchev–Trinajstić information content (AvgIpc) is 1.02. The van der Waals surface area contributed by atoms with Gasteiger partial charge in [-0.05, 0) is 37.5 Å². The molecule has 102 heavy (non-hydrogen) atoms. The molecule has 0 heterocycles. The van der Waals surface area contributed by atoms with Crippen LogP contribution in [0.2, 0.25) is 0 Å². The van der Waals surface area contributed by atoms with Gasteiger partial charge in [-0.1, -0.05) is 388 Å². The van der Waals surface area contributed by atoms with Gasteiger partial charge in [0.15, 0.2) is 12.2 Å². The lowest BCUT2D eigenvalue weighted by atomic mass is 9.99. The standard InChI is InChI=1S/C83H162O17P2/c1-7-10-12-14-16-18-20-22-24-26-28-29-31-33-35-37-41-49-55-61-67-82(87)99-78(71-93-80(85)65-59-53-47-40-36-34-32-30-27-25-23-21-19-17-15-13-11-8-2)73-97-101(89,90)95-69-77(84)70-96-102(91,92)98-74-79(100-83(88)68-62-56-50-42-38-39-45-51-57-63-75(4)5)72-94-81(86)66-60-54-48-44-43-46-52-58-64-76(6)9-3/h75-79,84H,7-74H2,1-6H3,(H,89,90)(H,91,92)/t76?,77-,78-,79-/m1/s1. The lowest BCUT2D eigenvalue weighted by Crippen LogP contribution is -2.30. The minimum atomic E-state index is -4.96. The van der Waals surface area contributed by atoms with Crippen LogP contribution < -0.4 is 0 Å². The quantitative estimate of drug-likeness (QED) is 0.0222. The molecule has 0 radical (unpaired) electrons.